The van der Waals surface area contributed by atoms with E-state index in [-0.39, 0.29) is 11.8 Å². The maximum atomic E-state index is 12.2. The Labute approximate surface area is 158 Å². The molecule has 2 aromatic rings. The van der Waals surface area contributed by atoms with Gasteiger partial charge in [-0.2, -0.15) is 0 Å². The molecule has 3 rings (SSSR count). The molecule has 6 nitrogen and oxygen atoms in total. The number of nitrogens with one attached hydrogen (secondary N) is 1. The molecule has 2 amide bonds. The van der Waals surface area contributed by atoms with E-state index in [1.54, 1.807) is 43.4 Å². The van der Waals surface area contributed by atoms with Crippen LogP contribution in [0, 0.1) is 0 Å². The lowest BCUT2D eigenvalue weighted by Crippen LogP contribution is -2.24. The van der Waals surface area contributed by atoms with Crippen molar-refractivity contribution in [2.45, 2.75) is 12.8 Å². The molecular weight excluding hydrogens is 344 g/mol. The van der Waals surface area contributed by atoms with Gasteiger partial charge in [-0.1, -0.05) is 18.2 Å². The summed E-state index contributed by atoms with van der Waals surface area (Å²) in [7, 11) is 3.14. The van der Waals surface area contributed by atoms with Gasteiger partial charge in [0, 0.05) is 36.4 Å². The monoisotopic (exact) mass is 366 g/mol. The number of amides is 2. The maximum Gasteiger partial charge on any atom is 0.248 e. The largest absolute Gasteiger partial charge is 0.496 e. The zero-order valence-corrected chi connectivity index (χ0v) is 15.4. The van der Waals surface area contributed by atoms with Crippen LogP contribution in [0.5, 0.6) is 11.5 Å². The van der Waals surface area contributed by atoms with Crippen LogP contribution >= 0.6 is 0 Å². The minimum atomic E-state index is -0.270. The number of nitrogens with zero attached hydrogens (tertiary/aromatic N) is 1. The van der Waals surface area contributed by atoms with Crippen molar-refractivity contribution in [3.05, 3.63) is 54.1 Å². The van der Waals surface area contributed by atoms with Crippen molar-refractivity contribution in [3.8, 4) is 11.5 Å². The molecule has 140 valence electrons. The number of carbonyl (C=O) groups excluding carboxylic acids is 2. The van der Waals surface area contributed by atoms with Gasteiger partial charge in [0.2, 0.25) is 11.8 Å². The first-order valence-electron chi connectivity index (χ1n) is 8.73. The molecule has 0 saturated carbocycles. The first kappa shape index (κ1) is 18.5. The standard InChI is InChI=1S/C21H22N2O4/c1-26-18-7-4-3-6-15(18)9-12-20(24)22-16-10-11-17(19(14-16)27-2)23-13-5-8-21(23)25/h3-4,6-7,9-12,14H,5,8,13H2,1-2H3,(H,22,24)/b12-9+. The molecule has 1 aliphatic rings. The number of carbonyl (C=O) groups is 2. The number of para-hydroxylation sites is 1. The van der Waals surface area contributed by atoms with Crippen molar-refractivity contribution in [3.63, 3.8) is 0 Å². The first-order valence-corrected chi connectivity index (χ1v) is 8.73. The smallest absolute Gasteiger partial charge is 0.248 e. The van der Waals surface area contributed by atoms with E-state index in [1.165, 1.54) is 6.08 Å². The fraction of sp³-hybridized carbons (Fsp3) is 0.238. The molecule has 6 heteroatoms. The van der Waals surface area contributed by atoms with Gasteiger partial charge in [0.15, 0.2) is 0 Å². The van der Waals surface area contributed by atoms with Crippen LogP contribution in [0.2, 0.25) is 0 Å². The van der Waals surface area contributed by atoms with Crippen LogP contribution < -0.4 is 19.7 Å². The van der Waals surface area contributed by atoms with Crippen molar-refractivity contribution < 1.29 is 19.1 Å². The third-order valence-electron chi connectivity index (χ3n) is 4.36. The highest BCUT2D eigenvalue weighted by Crippen LogP contribution is 2.33. The number of hydrogen-bond donors (Lipinski definition) is 1. The Morgan fingerprint density at radius 3 is 2.59 bits per heavy atom. The molecule has 1 aliphatic heterocycles. The van der Waals surface area contributed by atoms with Crippen LogP contribution in [0.1, 0.15) is 18.4 Å². The number of ether oxygens (including phenoxy) is 2. The van der Waals surface area contributed by atoms with Gasteiger partial charge < -0.3 is 19.7 Å². The summed E-state index contributed by atoms with van der Waals surface area (Å²) >= 11 is 0. The second-order valence-electron chi connectivity index (χ2n) is 6.10. The molecule has 1 saturated heterocycles. The van der Waals surface area contributed by atoms with Gasteiger partial charge in [-0.05, 0) is 30.7 Å². The summed E-state index contributed by atoms with van der Waals surface area (Å²) in [4.78, 5) is 25.9. The van der Waals surface area contributed by atoms with Crippen molar-refractivity contribution >= 4 is 29.3 Å². The Hall–Kier alpha value is -3.28. The van der Waals surface area contributed by atoms with Crippen molar-refractivity contribution in [1.82, 2.24) is 0 Å². The molecular formula is C21H22N2O4. The van der Waals surface area contributed by atoms with Crippen LogP contribution in [0.4, 0.5) is 11.4 Å². The van der Waals surface area contributed by atoms with E-state index in [1.807, 2.05) is 24.3 Å². The second kappa shape index (κ2) is 8.40. The van der Waals surface area contributed by atoms with Crippen LogP contribution in [0.25, 0.3) is 6.08 Å². The summed E-state index contributed by atoms with van der Waals surface area (Å²) in [5.41, 5.74) is 2.13. The lowest BCUT2D eigenvalue weighted by atomic mass is 10.2. The quantitative estimate of drug-likeness (QED) is 0.795. The fourth-order valence-electron chi connectivity index (χ4n) is 3.03. The summed E-state index contributed by atoms with van der Waals surface area (Å²) in [6, 6.07) is 12.7. The average Bonchev–Trinajstić information content (AvgIpc) is 3.12. The molecule has 2 aromatic carbocycles. The van der Waals surface area contributed by atoms with E-state index in [4.69, 9.17) is 9.47 Å². The number of methoxy groups -OCH3 is 2. The summed E-state index contributed by atoms with van der Waals surface area (Å²) in [6.45, 7) is 0.683. The molecule has 0 spiro atoms. The van der Waals surface area contributed by atoms with Gasteiger partial charge in [-0.25, -0.2) is 0 Å². The second-order valence-corrected chi connectivity index (χ2v) is 6.10. The number of benzene rings is 2. The summed E-state index contributed by atoms with van der Waals surface area (Å²) in [6.07, 6.45) is 4.54. The van der Waals surface area contributed by atoms with E-state index in [2.05, 4.69) is 5.32 Å². The highest BCUT2D eigenvalue weighted by molar-refractivity contribution is 6.03. The summed E-state index contributed by atoms with van der Waals surface area (Å²) in [5.74, 6) is 1.07. The predicted molar refractivity (Wildman–Crippen MR) is 105 cm³/mol. The molecule has 0 bridgehead atoms. The Bertz CT molecular complexity index is 876. The Morgan fingerprint density at radius 2 is 1.89 bits per heavy atom. The molecule has 1 heterocycles. The van der Waals surface area contributed by atoms with Crippen molar-refractivity contribution in [2.75, 3.05) is 31.0 Å². The molecule has 0 aromatic heterocycles. The van der Waals surface area contributed by atoms with Crippen LogP contribution in [-0.4, -0.2) is 32.6 Å². The van der Waals surface area contributed by atoms with Crippen molar-refractivity contribution in [1.29, 1.82) is 0 Å². The SMILES string of the molecule is COc1ccccc1/C=C/C(=O)Nc1ccc(N2CCCC2=O)c(OC)c1. The van der Waals surface area contributed by atoms with Gasteiger partial charge in [0.05, 0.1) is 19.9 Å². The Kier molecular flexibility index (Phi) is 5.76. The van der Waals surface area contributed by atoms with Crippen LogP contribution in [-0.2, 0) is 9.59 Å². The van der Waals surface area contributed by atoms with Crippen LogP contribution in [0.3, 0.4) is 0 Å². The predicted octanol–water partition coefficient (Wildman–Crippen LogP) is 3.48. The van der Waals surface area contributed by atoms with E-state index in [0.29, 0.717) is 30.2 Å². The lowest BCUT2D eigenvalue weighted by molar-refractivity contribution is -0.117. The lowest BCUT2D eigenvalue weighted by Gasteiger charge is -2.19. The Morgan fingerprint density at radius 1 is 1.11 bits per heavy atom. The molecule has 1 fully saturated rings. The maximum absolute atomic E-state index is 12.2. The van der Waals surface area contributed by atoms with E-state index in [9.17, 15) is 9.59 Å². The van der Waals surface area contributed by atoms with Crippen molar-refractivity contribution in [2.24, 2.45) is 0 Å². The van der Waals surface area contributed by atoms with Gasteiger partial charge in [-0.3, -0.25) is 9.59 Å². The normalized spacial score (nSPS) is 13.9. The first-order chi connectivity index (χ1) is 13.1. The number of rotatable bonds is 6. The van der Waals surface area contributed by atoms with E-state index < -0.39 is 0 Å². The highest BCUT2D eigenvalue weighted by atomic mass is 16.5. The third-order valence-corrected chi connectivity index (χ3v) is 4.36. The number of anilines is 2. The topological polar surface area (TPSA) is 67.9 Å². The molecule has 0 radical (unpaired) electrons. The molecule has 0 atom stereocenters. The fourth-order valence-corrected chi connectivity index (χ4v) is 3.03. The summed E-state index contributed by atoms with van der Waals surface area (Å²) in [5, 5.41) is 2.80. The molecule has 1 N–H and O–H groups in total. The highest BCUT2D eigenvalue weighted by Gasteiger charge is 2.24. The van der Waals surface area contributed by atoms with Gasteiger partial charge in [0.1, 0.15) is 11.5 Å². The average molecular weight is 366 g/mol. The van der Waals surface area contributed by atoms with E-state index in [0.717, 1.165) is 17.7 Å². The minimum Gasteiger partial charge on any atom is -0.496 e. The van der Waals surface area contributed by atoms with Gasteiger partial charge in [-0.15, -0.1) is 0 Å². The number of hydrogen-bond acceptors (Lipinski definition) is 4. The molecule has 27 heavy (non-hydrogen) atoms. The summed E-state index contributed by atoms with van der Waals surface area (Å²) < 4.78 is 10.7. The van der Waals surface area contributed by atoms with E-state index >= 15 is 0 Å². The van der Waals surface area contributed by atoms with Gasteiger partial charge in [0.25, 0.3) is 0 Å². The molecule has 0 unspecified atom stereocenters. The zero-order chi connectivity index (χ0) is 19.2. The zero-order valence-electron chi connectivity index (χ0n) is 15.4. The minimum absolute atomic E-state index is 0.0878. The Balaban J connectivity index is 1.72. The molecule has 0 aliphatic carbocycles. The van der Waals surface area contributed by atoms with Crippen LogP contribution in [0.15, 0.2) is 48.5 Å². The van der Waals surface area contributed by atoms with Gasteiger partial charge >= 0.3 is 0 Å². The third kappa shape index (κ3) is 4.28.